The molecule has 1 aliphatic rings. The molecule has 1 aromatic rings. The van der Waals surface area contributed by atoms with Crippen LogP contribution in [-0.2, 0) is 6.42 Å². The highest BCUT2D eigenvalue weighted by atomic mass is 32.1. The maximum absolute atomic E-state index is 9.47. The molecule has 5 heteroatoms. The smallest absolute Gasteiger partial charge is 0.205 e. The highest BCUT2D eigenvalue weighted by Crippen LogP contribution is 2.25. The third-order valence-corrected chi connectivity index (χ3v) is 4.06. The van der Waals surface area contributed by atoms with Gasteiger partial charge in [-0.3, -0.25) is 0 Å². The van der Waals surface area contributed by atoms with Crippen molar-refractivity contribution in [3.63, 3.8) is 0 Å². The third kappa shape index (κ3) is 3.16. The Bertz CT molecular complexity index is 342. The van der Waals surface area contributed by atoms with Gasteiger partial charge < -0.3 is 10.0 Å². The van der Waals surface area contributed by atoms with E-state index in [0.29, 0.717) is 0 Å². The van der Waals surface area contributed by atoms with E-state index in [1.165, 1.54) is 30.8 Å². The summed E-state index contributed by atoms with van der Waals surface area (Å²) in [5, 5.41) is 10.5. The lowest BCUT2D eigenvalue weighted by Gasteiger charge is -2.27. The Morgan fingerprint density at radius 1 is 1.41 bits per heavy atom. The summed E-state index contributed by atoms with van der Waals surface area (Å²) < 4.78 is 4.39. The van der Waals surface area contributed by atoms with Gasteiger partial charge in [-0.2, -0.15) is 4.37 Å². The van der Waals surface area contributed by atoms with Crippen LogP contribution in [0.2, 0.25) is 0 Å². The monoisotopic (exact) mass is 255 g/mol. The lowest BCUT2D eigenvalue weighted by atomic mass is 10.1. The molecule has 1 unspecified atom stereocenters. The number of hydrogen-bond acceptors (Lipinski definition) is 5. The van der Waals surface area contributed by atoms with Crippen molar-refractivity contribution in [1.82, 2.24) is 9.36 Å². The van der Waals surface area contributed by atoms with E-state index in [2.05, 4.69) is 21.2 Å². The molecule has 4 nitrogen and oxygen atoms in total. The molecule has 1 atom stereocenters. The first-order chi connectivity index (χ1) is 8.35. The van der Waals surface area contributed by atoms with Gasteiger partial charge in [0.05, 0.1) is 12.6 Å². The zero-order valence-corrected chi connectivity index (χ0v) is 11.2. The fourth-order valence-corrected chi connectivity index (χ4v) is 3.12. The predicted octanol–water partition coefficient (Wildman–Crippen LogP) is 2.23. The number of aromatic nitrogens is 2. The van der Waals surface area contributed by atoms with E-state index in [1.807, 2.05) is 0 Å². The minimum absolute atomic E-state index is 0.225. The van der Waals surface area contributed by atoms with Crippen LogP contribution < -0.4 is 4.90 Å². The van der Waals surface area contributed by atoms with Crippen LogP contribution in [0.25, 0.3) is 0 Å². The fourth-order valence-electron chi connectivity index (χ4n) is 2.31. The van der Waals surface area contributed by atoms with E-state index < -0.39 is 0 Å². The first-order valence-electron chi connectivity index (χ1n) is 6.55. The van der Waals surface area contributed by atoms with Crippen molar-refractivity contribution >= 4 is 16.7 Å². The van der Waals surface area contributed by atoms with Crippen LogP contribution in [0.3, 0.4) is 0 Å². The quantitative estimate of drug-likeness (QED) is 0.896. The van der Waals surface area contributed by atoms with Crippen LogP contribution in [0.4, 0.5) is 5.13 Å². The Kier molecular flexibility index (Phi) is 4.74. The summed E-state index contributed by atoms with van der Waals surface area (Å²) in [5.74, 6) is 0.952. The molecule has 0 saturated carbocycles. The number of aryl methyl sites for hydroxylation is 1. The van der Waals surface area contributed by atoms with E-state index in [4.69, 9.17) is 0 Å². The Hall–Kier alpha value is -0.680. The molecule has 0 spiro atoms. The molecular weight excluding hydrogens is 234 g/mol. The van der Waals surface area contributed by atoms with E-state index in [1.54, 1.807) is 0 Å². The van der Waals surface area contributed by atoms with Gasteiger partial charge in [0.2, 0.25) is 5.13 Å². The maximum atomic E-state index is 9.47. The first kappa shape index (κ1) is 12.8. The van der Waals surface area contributed by atoms with Crippen molar-refractivity contribution in [2.75, 3.05) is 18.1 Å². The van der Waals surface area contributed by atoms with E-state index in [9.17, 15) is 5.11 Å². The molecule has 0 aliphatic carbocycles. The van der Waals surface area contributed by atoms with Crippen molar-refractivity contribution in [3.8, 4) is 0 Å². The molecule has 17 heavy (non-hydrogen) atoms. The lowest BCUT2D eigenvalue weighted by molar-refractivity contribution is 0.255. The average molecular weight is 255 g/mol. The van der Waals surface area contributed by atoms with Crippen molar-refractivity contribution in [1.29, 1.82) is 0 Å². The molecule has 2 rings (SSSR count). The Balaban J connectivity index is 2.10. The van der Waals surface area contributed by atoms with Gasteiger partial charge in [-0.05, 0) is 19.3 Å². The molecule has 0 bridgehead atoms. The number of hydrogen-bond donors (Lipinski definition) is 1. The van der Waals surface area contributed by atoms with Crippen LogP contribution in [0, 0.1) is 0 Å². The van der Waals surface area contributed by atoms with E-state index in [0.717, 1.165) is 36.8 Å². The first-order valence-corrected chi connectivity index (χ1v) is 7.32. The van der Waals surface area contributed by atoms with Crippen LogP contribution in [-0.4, -0.2) is 33.7 Å². The summed E-state index contributed by atoms with van der Waals surface area (Å²) in [7, 11) is 0. The highest BCUT2D eigenvalue weighted by Gasteiger charge is 2.23. The van der Waals surface area contributed by atoms with Crippen molar-refractivity contribution in [3.05, 3.63) is 5.82 Å². The number of aliphatic hydroxyl groups excluding tert-OH is 1. The van der Waals surface area contributed by atoms with E-state index >= 15 is 0 Å². The largest absolute Gasteiger partial charge is 0.394 e. The standard InChI is InChI=1S/C12H21N3OS/c1-2-6-11-13-12(17-14-11)15-8-5-3-4-7-10(15)9-16/h10,16H,2-9H2,1H3. The summed E-state index contributed by atoms with van der Waals surface area (Å²) in [6.07, 6.45) is 6.77. The second-order valence-corrected chi connectivity index (χ2v) is 5.35. The number of aliphatic hydroxyl groups is 1. The second-order valence-electron chi connectivity index (χ2n) is 4.62. The van der Waals surface area contributed by atoms with Crippen LogP contribution in [0.1, 0.15) is 44.9 Å². The van der Waals surface area contributed by atoms with Crippen LogP contribution in [0.15, 0.2) is 0 Å². The molecular formula is C12H21N3OS. The molecule has 96 valence electrons. The molecule has 1 N–H and O–H groups in total. The van der Waals surface area contributed by atoms with Gasteiger partial charge >= 0.3 is 0 Å². The van der Waals surface area contributed by atoms with Gasteiger partial charge in [-0.25, -0.2) is 4.98 Å². The zero-order valence-electron chi connectivity index (χ0n) is 10.4. The SMILES string of the molecule is CCCc1nsc(N2CCCCCC2CO)n1. The van der Waals surface area contributed by atoms with Gasteiger partial charge in [0, 0.05) is 24.5 Å². The number of anilines is 1. The van der Waals surface area contributed by atoms with E-state index in [-0.39, 0.29) is 12.6 Å². The van der Waals surface area contributed by atoms with Gasteiger partial charge in [0.15, 0.2) is 0 Å². The zero-order chi connectivity index (χ0) is 12.1. The summed E-state index contributed by atoms with van der Waals surface area (Å²) in [6.45, 7) is 3.37. The lowest BCUT2D eigenvalue weighted by Crippen LogP contribution is -2.37. The fraction of sp³-hybridized carbons (Fsp3) is 0.833. The van der Waals surface area contributed by atoms with Crippen LogP contribution >= 0.6 is 11.5 Å². The van der Waals surface area contributed by atoms with Gasteiger partial charge in [0.25, 0.3) is 0 Å². The average Bonchev–Trinajstić information content (AvgIpc) is 2.66. The second kappa shape index (κ2) is 6.31. The summed E-state index contributed by atoms with van der Waals surface area (Å²) in [6, 6.07) is 0.236. The normalized spacial score (nSPS) is 21.5. The molecule has 0 aromatic carbocycles. The molecule has 0 radical (unpaired) electrons. The number of nitrogens with zero attached hydrogens (tertiary/aromatic N) is 3. The minimum atomic E-state index is 0.225. The van der Waals surface area contributed by atoms with Gasteiger partial charge in [0.1, 0.15) is 5.82 Å². The minimum Gasteiger partial charge on any atom is -0.394 e. The summed E-state index contributed by atoms with van der Waals surface area (Å²) in [5.41, 5.74) is 0. The topological polar surface area (TPSA) is 49.2 Å². The summed E-state index contributed by atoms with van der Waals surface area (Å²) in [4.78, 5) is 6.84. The molecule has 2 heterocycles. The van der Waals surface area contributed by atoms with Gasteiger partial charge in [-0.15, -0.1) is 0 Å². The molecule has 1 aliphatic heterocycles. The maximum Gasteiger partial charge on any atom is 0.205 e. The summed E-state index contributed by atoms with van der Waals surface area (Å²) >= 11 is 1.48. The van der Waals surface area contributed by atoms with Gasteiger partial charge in [-0.1, -0.05) is 19.8 Å². The third-order valence-electron chi connectivity index (χ3n) is 3.26. The highest BCUT2D eigenvalue weighted by molar-refractivity contribution is 7.09. The molecule has 1 aromatic heterocycles. The van der Waals surface area contributed by atoms with Crippen LogP contribution in [0.5, 0.6) is 0 Å². The molecule has 1 saturated heterocycles. The Morgan fingerprint density at radius 2 is 2.29 bits per heavy atom. The molecule has 0 amide bonds. The molecule has 1 fully saturated rings. The van der Waals surface area contributed by atoms with Crippen molar-refractivity contribution in [2.45, 2.75) is 51.5 Å². The predicted molar refractivity (Wildman–Crippen MR) is 70.6 cm³/mol. The number of rotatable bonds is 4. The Labute approximate surface area is 107 Å². The Morgan fingerprint density at radius 3 is 3.06 bits per heavy atom. The van der Waals surface area contributed by atoms with Crippen molar-refractivity contribution < 1.29 is 5.11 Å². The van der Waals surface area contributed by atoms with Crippen molar-refractivity contribution in [2.24, 2.45) is 0 Å².